The second kappa shape index (κ2) is 8.35. The van der Waals surface area contributed by atoms with E-state index in [0.29, 0.717) is 6.04 Å². The van der Waals surface area contributed by atoms with Gasteiger partial charge in [0.25, 0.3) is 0 Å². The number of aliphatic imine (C=N–C) groups is 1. The number of guanidine groups is 1. The van der Waals surface area contributed by atoms with E-state index in [1.54, 1.807) is 0 Å². The Morgan fingerprint density at radius 3 is 2.54 bits per heavy atom. The van der Waals surface area contributed by atoms with Crippen LogP contribution >= 0.6 is 0 Å². The summed E-state index contributed by atoms with van der Waals surface area (Å²) in [5, 5.41) is 11.8. The number of piperidine rings is 1. The highest BCUT2D eigenvalue weighted by Crippen LogP contribution is 2.29. The first-order valence-corrected chi connectivity index (χ1v) is 10.5. The molecule has 1 aliphatic carbocycles. The van der Waals surface area contributed by atoms with E-state index in [9.17, 15) is 0 Å². The highest BCUT2D eigenvalue weighted by molar-refractivity contribution is 5.80. The summed E-state index contributed by atoms with van der Waals surface area (Å²) in [6.45, 7) is 7.26. The molecule has 4 rings (SSSR count). The molecule has 2 heterocycles. The van der Waals surface area contributed by atoms with E-state index in [-0.39, 0.29) is 0 Å². The Hall–Kier alpha value is -2.34. The zero-order valence-electron chi connectivity index (χ0n) is 17.3. The van der Waals surface area contributed by atoms with Crippen molar-refractivity contribution < 1.29 is 0 Å². The first-order valence-electron chi connectivity index (χ1n) is 10.5. The number of rotatable bonds is 5. The van der Waals surface area contributed by atoms with Gasteiger partial charge in [0.1, 0.15) is 0 Å². The second-order valence-electron chi connectivity index (χ2n) is 8.08. The number of aromatic nitrogens is 2. The van der Waals surface area contributed by atoms with Crippen LogP contribution in [0.2, 0.25) is 0 Å². The summed E-state index contributed by atoms with van der Waals surface area (Å²) >= 11 is 0. The van der Waals surface area contributed by atoms with Gasteiger partial charge in [-0.3, -0.25) is 4.99 Å². The van der Waals surface area contributed by atoms with Crippen molar-refractivity contribution in [3.63, 3.8) is 0 Å². The van der Waals surface area contributed by atoms with Crippen molar-refractivity contribution in [2.45, 2.75) is 58.2 Å². The van der Waals surface area contributed by atoms with Gasteiger partial charge in [-0.2, -0.15) is 5.10 Å². The van der Waals surface area contributed by atoms with Crippen LogP contribution in [0.4, 0.5) is 0 Å². The van der Waals surface area contributed by atoms with Gasteiger partial charge in [-0.25, -0.2) is 4.68 Å². The summed E-state index contributed by atoms with van der Waals surface area (Å²) in [6.07, 6.45) is 5.19. The van der Waals surface area contributed by atoms with Crippen molar-refractivity contribution in [3.8, 4) is 5.69 Å². The van der Waals surface area contributed by atoms with Crippen molar-refractivity contribution in [3.05, 3.63) is 47.3 Å². The third kappa shape index (κ3) is 4.38. The summed E-state index contributed by atoms with van der Waals surface area (Å²) in [5.74, 6) is 0.882. The normalized spacial score (nSPS) is 19.0. The van der Waals surface area contributed by atoms with Crippen LogP contribution in [0.3, 0.4) is 0 Å². The zero-order chi connectivity index (χ0) is 19.5. The molecule has 2 N–H and O–H groups in total. The van der Waals surface area contributed by atoms with Gasteiger partial charge in [0, 0.05) is 44.5 Å². The van der Waals surface area contributed by atoms with E-state index in [2.05, 4.69) is 62.9 Å². The van der Waals surface area contributed by atoms with Crippen molar-refractivity contribution in [2.24, 2.45) is 4.99 Å². The molecule has 2 fully saturated rings. The van der Waals surface area contributed by atoms with Crippen LogP contribution in [0.1, 0.15) is 42.6 Å². The molecule has 0 spiro atoms. The average molecular weight is 381 g/mol. The Balaban J connectivity index is 1.36. The minimum absolute atomic E-state index is 0.507. The van der Waals surface area contributed by atoms with Gasteiger partial charge in [0.15, 0.2) is 5.96 Å². The lowest BCUT2D eigenvalue weighted by atomic mass is 10.1. The van der Waals surface area contributed by atoms with Crippen LogP contribution in [0, 0.1) is 13.8 Å². The van der Waals surface area contributed by atoms with Gasteiger partial charge in [0.2, 0.25) is 0 Å². The quantitative estimate of drug-likeness (QED) is 0.619. The fourth-order valence-electron chi connectivity index (χ4n) is 4.16. The molecule has 0 radical (unpaired) electrons. The van der Waals surface area contributed by atoms with E-state index in [1.165, 1.54) is 44.3 Å². The lowest BCUT2D eigenvalue weighted by Crippen LogP contribution is -2.48. The molecular formula is C22H32N6. The van der Waals surface area contributed by atoms with Crippen molar-refractivity contribution in [1.82, 2.24) is 25.3 Å². The number of para-hydroxylation sites is 1. The van der Waals surface area contributed by atoms with Gasteiger partial charge < -0.3 is 15.5 Å². The molecule has 1 aliphatic heterocycles. The van der Waals surface area contributed by atoms with Crippen LogP contribution in [0.5, 0.6) is 0 Å². The maximum atomic E-state index is 4.65. The van der Waals surface area contributed by atoms with Gasteiger partial charge in [-0.1, -0.05) is 18.2 Å². The number of aryl methyl sites for hydroxylation is 2. The Morgan fingerprint density at radius 1 is 1.14 bits per heavy atom. The largest absolute Gasteiger partial charge is 0.354 e. The molecule has 1 aromatic carbocycles. The van der Waals surface area contributed by atoms with Crippen molar-refractivity contribution in [2.75, 3.05) is 20.1 Å². The molecule has 2 aliphatic rings. The number of likely N-dealkylation sites (tertiary alicyclic amines) is 1. The maximum Gasteiger partial charge on any atom is 0.191 e. The highest BCUT2D eigenvalue weighted by atomic mass is 15.3. The molecule has 0 bridgehead atoms. The number of hydrogen-bond donors (Lipinski definition) is 2. The van der Waals surface area contributed by atoms with Crippen LogP contribution in [0.25, 0.3) is 5.69 Å². The minimum atomic E-state index is 0.507. The van der Waals surface area contributed by atoms with E-state index >= 15 is 0 Å². The molecule has 2 aromatic rings. The highest BCUT2D eigenvalue weighted by Gasteiger charge is 2.31. The minimum Gasteiger partial charge on any atom is -0.354 e. The predicted octanol–water partition coefficient (Wildman–Crippen LogP) is 2.78. The molecule has 1 aromatic heterocycles. The fourth-order valence-corrected chi connectivity index (χ4v) is 4.16. The molecule has 0 amide bonds. The smallest absolute Gasteiger partial charge is 0.191 e. The molecule has 0 unspecified atom stereocenters. The summed E-state index contributed by atoms with van der Waals surface area (Å²) in [6, 6.07) is 11.9. The Labute approximate surface area is 168 Å². The van der Waals surface area contributed by atoms with E-state index in [1.807, 2.05) is 18.7 Å². The Morgan fingerprint density at radius 2 is 1.89 bits per heavy atom. The van der Waals surface area contributed by atoms with Gasteiger partial charge in [0.05, 0.1) is 11.4 Å². The molecular weight excluding hydrogens is 348 g/mol. The Bertz CT molecular complexity index is 827. The Kier molecular flexibility index (Phi) is 5.67. The molecule has 6 nitrogen and oxygen atoms in total. The van der Waals surface area contributed by atoms with Crippen LogP contribution in [-0.2, 0) is 6.54 Å². The van der Waals surface area contributed by atoms with Crippen LogP contribution in [0.15, 0.2) is 35.3 Å². The second-order valence-corrected chi connectivity index (χ2v) is 8.08. The summed E-state index contributed by atoms with van der Waals surface area (Å²) in [7, 11) is 1.85. The summed E-state index contributed by atoms with van der Waals surface area (Å²) in [4.78, 5) is 7.10. The number of benzene rings is 1. The zero-order valence-corrected chi connectivity index (χ0v) is 17.3. The fraction of sp³-hybridized carbons (Fsp3) is 0.545. The van der Waals surface area contributed by atoms with E-state index in [0.717, 1.165) is 35.6 Å². The molecule has 1 saturated carbocycles. The SMILES string of the molecule is CN=C(NCc1ccccc1-n1nc(C)cc1C)NC1CCN(C2CC2)CC1. The first kappa shape index (κ1) is 19.0. The van der Waals surface area contributed by atoms with Gasteiger partial charge in [-0.05, 0) is 57.2 Å². The van der Waals surface area contributed by atoms with Crippen molar-refractivity contribution >= 4 is 5.96 Å². The molecule has 6 heteroatoms. The topological polar surface area (TPSA) is 57.5 Å². The van der Waals surface area contributed by atoms with E-state index < -0.39 is 0 Å². The first-order chi connectivity index (χ1) is 13.6. The third-order valence-electron chi connectivity index (χ3n) is 5.83. The number of nitrogens with one attached hydrogen (secondary N) is 2. The molecule has 0 atom stereocenters. The molecule has 150 valence electrons. The van der Waals surface area contributed by atoms with Crippen LogP contribution in [-0.4, -0.2) is 52.9 Å². The monoisotopic (exact) mass is 380 g/mol. The third-order valence-corrected chi connectivity index (χ3v) is 5.83. The standard InChI is InChI=1S/C22H32N6/c1-16-14-17(2)28(26-16)21-7-5-4-6-18(21)15-24-22(23-3)25-19-10-12-27(13-11-19)20-8-9-20/h4-7,14,19-20H,8-13,15H2,1-3H3,(H2,23,24,25). The lowest BCUT2D eigenvalue weighted by molar-refractivity contribution is 0.197. The average Bonchev–Trinajstić information content (AvgIpc) is 3.50. The molecule has 28 heavy (non-hydrogen) atoms. The van der Waals surface area contributed by atoms with Crippen LogP contribution < -0.4 is 10.6 Å². The summed E-state index contributed by atoms with van der Waals surface area (Å²) in [5.41, 5.74) is 4.51. The molecule has 1 saturated heterocycles. The maximum absolute atomic E-state index is 4.65. The number of hydrogen-bond acceptors (Lipinski definition) is 3. The van der Waals surface area contributed by atoms with Crippen molar-refractivity contribution in [1.29, 1.82) is 0 Å². The van der Waals surface area contributed by atoms with Gasteiger partial charge in [-0.15, -0.1) is 0 Å². The van der Waals surface area contributed by atoms with Gasteiger partial charge >= 0.3 is 0 Å². The summed E-state index contributed by atoms with van der Waals surface area (Å²) < 4.78 is 2.02. The predicted molar refractivity (Wildman–Crippen MR) is 114 cm³/mol. The van der Waals surface area contributed by atoms with E-state index in [4.69, 9.17) is 0 Å². The lowest BCUT2D eigenvalue weighted by Gasteiger charge is -2.33. The number of nitrogens with zero attached hydrogens (tertiary/aromatic N) is 4.